The van der Waals surface area contributed by atoms with Crippen LogP contribution in [0.3, 0.4) is 0 Å². The fraction of sp³-hybridized carbons (Fsp3) is 0.462. The third-order valence-electron chi connectivity index (χ3n) is 3.38. The minimum atomic E-state index is -0.824. The Labute approximate surface area is 113 Å². The number of benzene rings is 1. The van der Waals surface area contributed by atoms with Crippen molar-refractivity contribution < 1.29 is 13.6 Å². The highest BCUT2D eigenvalue weighted by Crippen LogP contribution is 2.31. The van der Waals surface area contributed by atoms with Crippen molar-refractivity contribution in [3.8, 4) is 0 Å². The van der Waals surface area contributed by atoms with E-state index in [0.29, 0.717) is 5.33 Å². The SMILES string of the molecule is O=C(NC1(CBr)CCCC1)c1c(F)cccc1F. The molecule has 1 N–H and O–H groups in total. The lowest BCUT2D eigenvalue weighted by Gasteiger charge is -2.28. The molecule has 5 heteroatoms. The number of carbonyl (C=O) groups is 1. The molecule has 18 heavy (non-hydrogen) atoms. The molecule has 98 valence electrons. The van der Waals surface area contributed by atoms with E-state index in [1.807, 2.05) is 0 Å². The average Bonchev–Trinajstić information content (AvgIpc) is 2.78. The lowest BCUT2D eigenvalue weighted by molar-refractivity contribution is 0.0901. The van der Waals surface area contributed by atoms with Crippen molar-refractivity contribution in [2.45, 2.75) is 31.2 Å². The van der Waals surface area contributed by atoms with E-state index in [0.717, 1.165) is 37.8 Å². The third-order valence-corrected chi connectivity index (χ3v) is 4.46. The van der Waals surface area contributed by atoms with Gasteiger partial charge in [0.05, 0.1) is 5.54 Å². The summed E-state index contributed by atoms with van der Waals surface area (Å²) >= 11 is 3.37. The van der Waals surface area contributed by atoms with Crippen LogP contribution in [0.2, 0.25) is 0 Å². The van der Waals surface area contributed by atoms with E-state index in [4.69, 9.17) is 0 Å². The van der Waals surface area contributed by atoms with Crippen molar-refractivity contribution >= 4 is 21.8 Å². The molecule has 0 saturated heterocycles. The lowest BCUT2D eigenvalue weighted by Crippen LogP contribution is -2.48. The molecule has 0 unspecified atom stereocenters. The first-order valence-electron chi connectivity index (χ1n) is 5.90. The Balaban J connectivity index is 2.22. The number of hydrogen-bond donors (Lipinski definition) is 1. The first kappa shape index (κ1) is 13.5. The van der Waals surface area contributed by atoms with E-state index in [9.17, 15) is 13.6 Å². The zero-order valence-electron chi connectivity index (χ0n) is 9.81. The van der Waals surface area contributed by atoms with Crippen molar-refractivity contribution in [3.63, 3.8) is 0 Å². The Kier molecular flexibility index (Phi) is 4.00. The molecule has 0 spiro atoms. The second-order valence-corrected chi connectivity index (χ2v) is 5.23. The van der Waals surface area contributed by atoms with Crippen LogP contribution < -0.4 is 5.32 Å². The van der Waals surface area contributed by atoms with Gasteiger partial charge in [-0.05, 0) is 25.0 Å². The van der Waals surface area contributed by atoms with E-state index < -0.39 is 23.1 Å². The lowest BCUT2D eigenvalue weighted by atomic mass is 10.00. The van der Waals surface area contributed by atoms with Gasteiger partial charge in [0.1, 0.15) is 17.2 Å². The predicted octanol–water partition coefficient (Wildman–Crippen LogP) is 3.40. The normalized spacial score (nSPS) is 17.7. The summed E-state index contributed by atoms with van der Waals surface area (Å²) in [7, 11) is 0. The van der Waals surface area contributed by atoms with Crippen molar-refractivity contribution in [1.29, 1.82) is 0 Å². The molecule has 0 aliphatic heterocycles. The highest BCUT2D eigenvalue weighted by molar-refractivity contribution is 9.09. The Bertz CT molecular complexity index is 438. The van der Waals surface area contributed by atoms with Gasteiger partial charge in [-0.25, -0.2) is 8.78 Å². The number of rotatable bonds is 3. The molecule has 0 atom stereocenters. The Morgan fingerprint density at radius 2 is 1.83 bits per heavy atom. The van der Waals surface area contributed by atoms with Gasteiger partial charge in [0, 0.05) is 5.33 Å². The molecule has 0 aromatic heterocycles. The molecule has 1 amide bonds. The zero-order valence-corrected chi connectivity index (χ0v) is 11.4. The van der Waals surface area contributed by atoms with Crippen molar-refractivity contribution in [2.24, 2.45) is 0 Å². The number of amides is 1. The van der Waals surface area contributed by atoms with E-state index in [1.54, 1.807) is 0 Å². The van der Waals surface area contributed by atoms with Crippen LogP contribution in [0.1, 0.15) is 36.0 Å². The van der Waals surface area contributed by atoms with Crippen LogP contribution >= 0.6 is 15.9 Å². The van der Waals surface area contributed by atoms with Gasteiger partial charge in [0.2, 0.25) is 0 Å². The topological polar surface area (TPSA) is 29.1 Å². The van der Waals surface area contributed by atoms with Crippen LogP contribution in [0.5, 0.6) is 0 Å². The summed E-state index contributed by atoms with van der Waals surface area (Å²) in [6, 6.07) is 3.43. The van der Waals surface area contributed by atoms with Crippen LogP contribution in [-0.2, 0) is 0 Å². The number of alkyl halides is 1. The van der Waals surface area contributed by atoms with Crippen LogP contribution in [-0.4, -0.2) is 16.8 Å². The summed E-state index contributed by atoms with van der Waals surface area (Å²) in [6.07, 6.45) is 3.71. The van der Waals surface area contributed by atoms with Crippen LogP contribution in [0.15, 0.2) is 18.2 Å². The van der Waals surface area contributed by atoms with Gasteiger partial charge in [-0.15, -0.1) is 0 Å². The monoisotopic (exact) mass is 317 g/mol. The smallest absolute Gasteiger partial charge is 0.257 e. The molecule has 1 aliphatic carbocycles. The van der Waals surface area contributed by atoms with Crippen molar-refractivity contribution in [2.75, 3.05) is 5.33 Å². The fourth-order valence-electron chi connectivity index (χ4n) is 2.36. The summed E-state index contributed by atoms with van der Waals surface area (Å²) < 4.78 is 27.0. The summed E-state index contributed by atoms with van der Waals surface area (Å²) in [5, 5.41) is 3.37. The maximum absolute atomic E-state index is 13.5. The highest BCUT2D eigenvalue weighted by atomic mass is 79.9. The summed E-state index contributed by atoms with van der Waals surface area (Å²) in [5.74, 6) is -2.32. The number of nitrogens with one attached hydrogen (secondary N) is 1. The molecule has 1 aliphatic rings. The third kappa shape index (κ3) is 2.55. The molecule has 1 saturated carbocycles. The second-order valence-electron chi connectivity index (χ2n) is 4.67. The Morgan fingerprint density at radius 3 is 2.33 bits per heavy atom. The maximum atomic E-state index is 13.5. The van der Waals surface area contributed by atoms with Crippen molar-refractivity contribution in [3.05, 3.63) is 35.4 Å². The van der Waals surface area contributed by atoms with Gasteiger partial charge in [0.15, 0.2) is 0 Å². The number of halogens is 3. The van der Waals surface area contributed by atoms with Gasteiger partial charge in [0.25, 0.3) is 5.91 Å². The number of hydrogen-bond acceptors (Lipinski definition) is 1. The van der Waals surface area contributed by atoms with Gasteiger partial charge < -0.3 is 5.32 Å². The molecule has 1 aromatic rings. The molecular weight excluding hydrogens is 304 g/mol. The summed E-state index contributed by atoms with van der Waals surface area (Å²) in [5.41, 5.74) is -0.865. The second kappa shape index (κ2) is 5.34. The predicted molar refractivity (Wildman–Crippen MR) is 68.8 cm³/mol. The van der Waals surface area contributed by atoms with Crippen molar-refractivity contribution in [1.82, 2.24) is 5.32 Å². The van der Waals surface area contributed by atoms with Crippen LogP contribution in [0, 0.1) is 11.6 Å². The molecule has 2 nitrogen and oxygen atoms in total. The molecule has 1 aromatic carbocycles. The minimum Gasteiger partial charge on any atom is -0.346 e. The molecule has 1 fully saturated rings. The quantitative estimate of drug-likeness (QED) is 0.850. The fourth-order valence-corrected chi connectivity index (χ4v) is 3.06. The zero-order chi connectivity index (χ0) is 13.2. The van der Waals surface area contributed by atoms with E-state index >= 15 is 0 Å². The molecule has 2 rings (SSSR count). The Morgan fingerprint density at radius 1 is 1.28 bits per heavy atom. The molecular formula is C13H14BrF2NO. The molecule has 0 radical (unpaired) electrons. The molecule has 0 heterocycles. The average molecular weight is 318 g/mol. The summed E-state index contributed by atoms with van der Waals surface area (Å²) in [6.45, 7) is 0. The van der Waals surface area contributed by atoms with Crippen LogP contribution in [0.25, 0.3) is 0 Å². The maximum Gasteiger partial charge on any atom is 0.257 e. The van der Waals surface area contributed by atoms with E-state index in [-0.39, 0.29) is 5.54 Å². The first-order valence-corrected chi connectivity index (χ1v) is 7.03. The standard InChI is InChI=1S/C13H14BrF2NO/c14-8-13(6-1-2-7-13)17-12(18)11-9(15)4-3-5-10(11)16/h3-5H,1-2,6-8H2,(H,17,18). The van der Waals surface area contributed by atoms with Gasteiger partial charge in [-0.1, -0.05) is 34.8 Å². The first-order chi connectivity index (χ1) is 8.58. The summed E-state index contributed by atoms with van der Waals surface area (Å²) in [4.78, 5) is 12.0. The van der Waals surface area contributed by atoms with Crippen LogP contribution in [0.4, 0.5) is 8.78 Å². The van der Waals surface area contributed by atoms with E-state index in [1.165, 1.54) is 6.07 Å². The largest absolute Gasteiger partial charge is 0.346 e. The van der Waals surface area contributed by atoms with E-state index in [2.05, 4.69) is 21.2 Å². The van der Waals surface area contributed by atoms with Gasteiger partial charge in [-0.3, -0.25) is 4.79 Å². The Hall–Kier alpha value is -0.970. The highest BCUT2D eigenvalue weighted by Gasteiger charge is 2.35. The minimum absolute atomic E-state index is 0.369. The van der Waals surface area contributed by atoms with Gasteiger partial charge in [-0.2, -0.15) is 0 Å². The molecule has 0 bridgehead atoms. The van der Waals surface area contributed by atoms with Gasteiger partial charge >= 0.3 is 0 Å². The number of carbonyl (C=O) groups excluding carboxylic acids is 1.